The lowest BCUT2D eigenvalue weighted by atomic mass is 10.2. The lowest BCUT2D eigenvalue weighted by molar-refractivity contribution is -0.137. The maximum atomic E-state index is 11.8. The molecule has 16 heavy (non-hydrogen) atoms. The number of hydrogen-bond donors (Lipinski definition) is 1. The average Bonchev–Trinajstić information content (AvgIpc) is 2.23. The van der Waals surface area contributed by atoms with Crippen LogP contribution in [0.2, 0.25) is 0 Å². The van der Waals surface area contributed by atoms with Gasteiger partial charge in [-0.15, -0.1) is 0 Å². The maximum Gasteiger partial charge on any atom is 0.248 e. The molecule has 0 radical (unpaired) electrons. The Labute approximate surface area is 97.9 Å². The highest BCUT2D eigenvalue weighted by Crippen LogP contribution is 1.99. The van der Waals surface area contributed by atoms with Crippen LogP contribution in [0.4, 0.5) is 0 Å². The van der Waals surface area contributed by atoms with Crippen molar-refractivity contribution in [2.24, 2.45) is 11.7 Å². The van der Waals surface area contributed by atoms with Crippen molar-refractivity contribution < 1.29 is 14.3 Å². The first-order valence-electron chi connectivity index (χ1n) is 5.66. The molecule has 0 aliphatic rings. The van der Waals surface area contributed by atoms with Crippen LogP contribution >= 0.6 is 0 Å². The second-order valence-corrected chi connectivity index (χ2v) is 4.07. The van der Waals surface area contributed by atoms with Gasteiger partial charge in [0.25, 0.3) is 0 Å². The lowest BCUT2D eigenvalue weighted by Gasteiger charge is -2.24. The van der Waals surface area contributed by atoms with E-state index in [0.29, 0.717) is 32.2 Å². The highest BCUT2D eigenvalue weighted by atomic mass is 16.5. The molecular formula is C11H24N2O3. The first kappa shape index (κ1) is 15.3. The van der Waals surface area contributed by atoms with Gasteiger partial charge < -0.3 is 20.1 Å². The minimum Gasteiger partial charge on any atom is -0.383 e. The van der Waals surface area contributed by atoms with E-state index in [2.05, 4.69) is 13.8 Å². The van der Waals surface area contributed by atoms with Crippen LogP contribution in [0.3, 0.4) is 0 Å². The molecule has 0 rings (SSSR count). The Bertz CT molecular complexity index is 186. The van der Waals surface area contributed by atoms with Gasteiger partial charge in [0, 0.05) is 26.7 Å². The van der Waals surface area contributed by atoms with Gasteiger partial charge in [0.2, 0.25) is 5.91 Å². The number of hydrogen-bond acceptors (Lipinski definition) is 4. The van der Waals surface area contributed by atoms with Crippen molar-refractivity contribution in [3.63, 3.8) is 0 Å². The second kappa shape index (κ2) is 9.57. The molecule has 0 heterocycles. The van der Waals surface area contributed by atoms with E-state index in [4.69, 9.17) is 15.2 Å². The summed E-state index contributed by atoms with van der Waals surface area (Å²) in [6, 6.07) is 0. The number of carbonyl (C=O) groups excluding carboxylic acids is 1. The van der Waals surface area contributed by atoms with Crippen LogP contribution in [0.1, 0.15) is 13.8 Å². The minimum absolute atomic E-state index is 0.000741. The average molecular weight is 232 g/mol. The normalized spacial score (nSPS) is 10.8. The molecule has 1 amide bonds. The second-order valence-electron chi connectivity index (χ2n) is 4.07. The number of nitrogens with two attached hydrogens (primary N) is 1. The van der Waals surface area contributed by atoms with Crippen molar-refractivity contribution >= 4 is 5.91 Å². The Morgan fingerprint density at radius 3 is 2.56 bits per heavy atom. The van der Waals surface area contributed by atoms with Crippen LogP contribution in [0.5, 0.6) is 0 Å². The van der Waals surface area contributed by atoms with Crippen LogP contribution in [0.15, 0.2) is 0 Å². The molecule has 0 aromatic heterocycles. The number of methoxy groups -OCH3 is 1. The largest absolute Gasteiger partial charge is 0.383 e. The summed E-state index contributed by atoms with van der Waals surface area (Å²) < 4.78 is 10.1. The number of ether oxygens (including phenoxy) is 2. The zero-order chi connectivity index (χ0) is 12.4. The smallest absolute Gasteiger partial charge is 0.248 e. The first-order valence-corrected chi connectivity index (χ1v) is 5.66. The van der Waals surface area contributed by atoms with Crippen molar-refractivity contribution in [1.29, 1.82) is 0 Å². The number of rotatable bonds is 9. The topological polar surface area (TPSA) is 64.8 Å². The van der Waals surface area contributed by atoms with Crippen molar-refractivity contribution in [1.82, 2.24) is 4.90 Å². The molecule has 0 atom stereocenters. The van der Waals surface area contributed by atoms with Crippen molar-refractivity contribution in [2.45, 2.75) is 13.8 Å². The monoisotopic (exact) mass is 232 g/mol. The zero-order valence-corrected chi connectivity index (χ0v) is 10.6. The van der Waals surface area contributed by atoms with Crippen LogP contribution < -0.4 is 5.73 Å². The van der Waals surface area contributed by atoms with Crippen LogP contribution in [-0.4, -0.2) is 57.4 Å². The summed E-state index contributed by atoms with van der Waals surface area (Å²) in [5.41, 5.74) is 5.28. The highest BCUT2D eigenvalue weighted by Gasteiger charge is 2.14. The van der Waals surface area contributed by atoms with Gasteiger partial charge in [-0.25, -0.2) is 0 Å². The van der Waals surface area contributed by atoms with E-state index in [1.807, 2.05) is 0 Å². The fraction of sp³-hybridized carbons (Fsp3) is 0.909. The molecule has 96 valence electrons. The van der Waals surface area contributed by atoms with Gasteiger partial charge in [-0.3, -0.25) is 4.79 Å². The third-order valence-corrected chi connectivity index (χ3v) is 1.99. The van der Waals surface area contributed by atoms with Crippen molar-refractivity contribution in [3.8, 4) is 0 Å². The zero-order valence-electron chi connectivity index (χ0n) is 10.6. The molecular weight excluding hydrogens is 208 g/mol. The summed E-state index contributed by atoms with van der Waals surface area (Å²) in [6.07, 6.45) is 0. The van der Waals surface area contributed by atoms with E-state index in [9.17, 15) is 4.79 Å². The van der Waals surface area contributed by atoms with E-state index in [1.165, 1.54) is 0 Å². The molecule has 5 heteroatoms. The Kier molecular flexibility index (Phi) is 9.18. The predicted molar refractivity (Wildman–Crippen MR) is 63.2 cm³/mol. The molecule has 2 N–H and O–H groups in total. The summed E-state index contributed by atoms with van der Waals surface area (Å²) in [4.78, 5) is 13.5. The third-order valence-electron chi connectivity index (χ3n) is 1.99. The maximum absolute atomic E-state index is 11.8. The highest BCUT2D eigenvalue weighted by molar-refractivity contribution is 5.77. The Morgan fingerprint density at radius 1 is 1.38 bits per heavy atom. The third kappa shape index (κ3) is 7.62. The van der Waals surface area contributed by atoms with E-state index in [0.717, 1.165) is 6.54 Å². The van der Waals surface area contributed by atoms with Gasteiger partial charge in [-0.1, -0.05) is 13.8 Å². The van der Waals surface area contributed by atoms with E-state index in [1.54, 1.807) is 12.0 Å². The molecule has 0 saturated heterocycles. The Morgan fingerprint density at radius 2 is 2.06 bits per heavy atom. The quantitative estimate of drug-likeness (QED) is 0.572. The lowest BCUT2D eigenvalue weighted by Crippen LogP contribution is -2.39. The Balaban J connectivity index is 3.99. The molecule has 0 aliphatic carbocycles. The van der Waals surface area contributed by atoms with Crippen LogP contribution in [-0.2, 0) is 14.3 Å². The fourth-order valence-corrected chi connectivity index (χ4v) is 1.29. The van der Waals surface area contributed by atoms with Crippen molar-refractivity contribution in [3.05, 3.63) is 0 Å². The van der Waals surface area contributed by atoms with Gasteiger partial charge in [0.1, 0.15) is 6.61 Å². The Hall–Kier alpha value is -0.650. The van der Waals surface area contributed by atoms with E-state index >= 15 is 0 Å². The SMILES string of the molecule is COCCN(CC(C)C)C(=O)COCCN. The predicted octanol–water partition coefficient (Wildman–Crippen LogP) is 0.0927. The van der Waals surface area contributed by atoms with Gasteiger partial charge >= 0.3 is 0 Å². The van der Waals surface area contributed by atoms with E-state index < -0.39 is 0 Å². The molecule has 0 unspecified atom stereocenters. The van der Waals surface area contributed by atoms with Crippen molar-refractivity contribution in [2.75, 3.05) is 46.6 Å². The summed E-state index contributed by atoms with van der Waals surface area (Å²) in [5, 5.41) is 0. The molecule has 0 saturated carbocycles. The van der Waals surface area contributed by atoms with Gasteiger partial charge in [-0.2, -0.15) is 0 Å². The molecule has 0 aromatic rings. The molecule has 0 aliphatic heterocycles. The fourth-order valence-electron chi connectivity index (χ4n) is 1.29. The summed E-state index contributed by atoms with van der Waals surface area (Å²) in [7, 11) is 1.63. The molecule has 0 fully saturated rings. The summed E-state index contributed by atoms with van der Waals surface area (Å²) in [6.45, 7) is 7.01. The van der Waals surface area contributed by atoms with Gasteiger partial charge in [0.05, 0.1) is 13.2 Å². The number of amides is 1. The first-order chi connectivity index (χ1) is 7.61. The summed E-state index contributed by atoms with van der Waals surface area (Å²) >= 11 is 0. The molecule has 5 nitrogen and oxygen atoms in total. The molecule has 0 bridgehead atoms. The van der Waals surface area contributed by atoms with E-state index in [-0.39, 0.29) is 12.5 Å². The summed E-state index contributed by atoms with van der Waals surface area (Å²) in [5.74, 6) is 0.439. The standard InChI is InChI=1S/C11H24N2O3/c1-10(2)8-13(5-7-15-3)11(14)9-16-6-4-12/h10H,4-9,12H2,1-3H3. The molecule has 0 spiro atoms. The number of nitrogens with zero attached hydrogens (tertiary/aromatic N) is 1. The number of carbonyl (C=O) groups is 1. The van der Waals surface area contributed by atoms with Gasteiger partial charge in [-0.05, 0) is 5.92 Å². The molecule has 0 aromatic carbocycles. The van der Waals surface area contributed by atoms with Gasteiger partial charge in [0.15, 0.2) is 0 Å². The minimum atomic E-state index is -0.000741. The van der Waals surface area contributed by atoms with Crippen LogP contribution in [0, 0.1) is 5.92 Å². The van der Waals surface area contributed by atoms with Crippen LogP contribution in [0.25, 0.3) is 0 Å².